The van der Waals surface area contributed by atoms with Crippen molar-refractivity contribution in [3.05, 3.63) is 50.9 Å². The van der Waals surface area contributed by atoms with Crippen LogP contribution >= 0.6 is 22.9 Å². The molecule has 3 rings (SSSR count). The number of carbonyl (C=O) groups excluding carboxylic acids is 1. The van der Waals surface area contributed by atoms with Crippen LogP contribution in [0.2, 0.25) is 5.02 Å². The Morgan fingerprint density at radius 3 is 2.78 bits per heavy atom. The van der Waals surface area contributed by atoms with Gasteiger partial charge in [0.05, 0.1) is 11.0 Å². The van der Waals surface area contributed by atoms with Gasteiger partial charge in [-0.25, -0.2) is 4.98 Å². The van der Waals surface area contributed by atoms with Crippen LogP contribution < -0.4 is 11.1 Å². The van der Waals surface area contributed by atoms with Crippen LogP contribution in [0, 0.1) is 11.8 Å². The highest BCUT2D eigenvalue weighted by Crippen LogP contribution is 2.47. The zero-order chi connectivity index (χ0) is 16.4. The monoisotopic (exact) mass is 349 g/mol. The summed E-state index contributed by atoms with van der Waals surface area (Å²) in [5.74, 6) is 0.977. The van der Waals surface area contributed by atoms with Gasteiger partial charge in [-0.1, -0.05) is 30.7 Å². The fourth-order valence-electron chi connectivity index (χ4n) is 2.79. The van der Waals surface area contributed by atoms with E-state index in [1.165, 1.54) is 11.3 Å². The van der Waals surface area contributed by atoms with Gasteiger partial charge in [0, 0.05) is 16.8 Å². The van der Waals surface area contributed by atoms with Crippen molar-refractivity contribution >= 4 is 28.8 Å². The first-order valence-electron chi connectivity index (χ1n) is 7.79. The quantitative estimate of drug-likeness (QED) is 0.839. The van der Waals surface area contributed by atoms with Gasteiger partial charge in [0.2, 0.25) is 0 Å². The Morgan fingerprint density at radius 1 is 1.48 bits per heavy atom. The summed E-state index contributed by atoms with van der Waals surface area (Å²) < 4.78 is 0. The first kappa shape index (κ1) is 16.4. The average molecular weight is 350 g/mol. The second-order valence-electron chi connectivity index (χ2n) is 6.04. The van der Waals surface area contributed by atoms with Crippen LogP contribution in [0.5, 0.6) is 0 Å². The molecule has 1 aromatic carbocycles. The van der Waals surface area contributed by atoms with Crippen LogP contribution in [0.15, 0.2) is 29.6 Å². The Morgan fingerprint density at radius 2 is 2.17 bits per heavy atom. The molecule has 1 aliphatic rings. The average Bonchev–Trinajstić information content (AvgIpc) is 3.06. The molecule has 122 valence electrons. The lowest BCUT2D eigenvalue weighted by Crippen LogP contribution is -2.30. The summed E-state index contributed by atoms with van der Waals surface area (Å²) in [7, 11) is 0. The molecule has 1 fully saturated rings. The van der Waals surface area contributed by atoms with Crippen molar-refractivity contribution in [1.82, 2.24) is 10.3 Å². The Kier molecular flexibility index (Phi) is 4.99. The van der Waals surface area contributed by atoms with Crippen LogP contribution in [0.4, 0.5) is 0 Å². The largest absolute Gasteiger partial charge is 0.344 e. The first-order chi connectivity index (χ1) is 11.1. The summed E-state index contributed by atoms with van der Waals surface area (Å²) in [6, 6.07) is 7.71. The molecule has 0 saturated heterocycles. The van der Waals surface area contributed by atoms with Gasteiger partial charge >= 0.3 is 0 Å². The highest BCUT2D eigenvalue weighted by molar-refractivity contribution is 7.09. The minimum Gasteiger partial charge on any atom is -0.344 e. The van der Waals surface area contributed by atoms with Gasteiger partial charge in [-0.05, 0) is 42.5 Å². The number of carbonyl (C=O) groups is 1. The number of rotatable bonds is 6. The second-order valence-corrected chi connectivity index (χ2v) is 7.42. The molecule has 1 heterocycles. The number of halogens is 1. The van der Waals surface area contributed by atoms with E-state index >= 15 is 0 Å². The van der Waals surface area contributed by atoms with E-state index in [0.29, 0.717) is 35.5 Å². The van der Waals surface area contributed by atoms with E-state index in [2.05, 4.69) is 17.2 Å². The standard InChI is InChI=1S/C17H20ClN3OS/c1-10-8-13(10)16(11-2-4-12(18)5-3-11)21-17(22)14-9-23-15(20-14)6-7-19/h2-5,9-10,13,16H,6-8,19H2,1H3,(H,21,22). The third-order valence-electron chi connectivity index (χ3n) is 4.26. The van der Waals surface area contributed by atoms with E-state index < -0.39 is 0 Å². The fraction of sp³-hybridized carbons (Fsp3) is 0.412. The van der Waals surface area contributed by atoms with Crippen molar-refractivity contribution in [2.75, 3.05) is 6.54 Å². The van der Waals surface area contributed by atoms with Crippen molar-refractivity contribution in [3.63, 3.8) is 0 Å². The molecule has 3 atom stereocenters. The number of benzene rings is 1. The van der Waals surface area contributed by atoms with E-state index in [9.17, 15) is 4.79 Å². The molecule has 4 nitrogen and oxygen atoms in total. The summed E-state index contributed by atoms with van der Waals surface area (Å²) in [5, 5.41) is 6.55. The topological polar surface area (TPSA) is 68.0 Å². The third kappa shape index (κ3) is 3.91. The van der Waals surface area contributed by atoms with Crippen LogP contribution in [0.1, 0.15) is 40.4 Å². The molecule has 0 aliphatic heterocycles. The maximum absolute atomic E-state index is 12.5. The van der Waals surface area contributed by atoms with Crippen molar-refractivity contribution in [3.8, 4) is 0 Å². The summed E-state index contributed by atoms with van der Waals surface area (Å²) in [4.78, 5) is 16.9. The van der Waals surface area contributed by atoms with Crippen molar-refractivity contribution < 1.29 is 4.79 Å². The zero-order valence-corrected chi connectivity index (χ0v) is 14.5. The number of aromatic nitrogens is 1. The first-order valence-corrected chi connectivity index (χ1v) is 9.05. The lowest BCUT2D eigenvalue weighted by atomic mass is 10.0. The maximum Gasteiger partial charge on any atom is 0.271 e. The van der Waals surface area contributed by atoms with Crippen molar-refractivity contribution in [2.45, 2.75) is 25.8 Å². The van der Waals surface area contributed by atoms with Crippen LogP contribution in [-0.2, 0) is 6.42 Å². The predicted molar refractivity (Wildman–Crippen MR) is 93.8 cm³/mol. The van der Waals surface area contributed by atoms with Crippen molar-refractivity contribution in [2.24, 2.45) is 17.6 Å². The minimum atomic E-state index is -0.122. The molecular formula is C17H20ClN3OS. The Bertz CT molecular complexity index is 685. The summed E-state index contributed by atoms with van der Waals surface area (Å²) in [6.07, 6.45) is 1.83. The summed E-state index contributed by atoms with van der Waals surface area (Å²) in [6.45, 7) is 2.75. The van der Waals surface area contributed by atoms with Gasteiger partial charge in [-0.15, -0.1) is 11.3 Å². The van der Waals surface area contributed by atoms with Gasteiger partial charge in [0.15, 0.2) is 0 Å². The number of amides is 1. The smallest absolute Gasteiger partial charge is 0.271 e. The van der Waals surface area contributed by atoms with Gasteiger partial charge in [-0.3, -0.25) is 4.79 Å². The molecule has 3 N–H and O–H groups in total. The van der Waals surface area contributed by atoms with Gasteiger partial charge in [-0.2, -0.15) is 0 Å². The van der Waals surface area contributed by atoms with Crippen LogP contribution in [0.25, 0.3) is 0 Å². The van der Waals surface area contributed by atoms with Crippen LogP contribution in [-0.4, -0.2) is 17.4 Å². The van der Waals surface area contributed by atoms with Crippen LogP contribution in [0.3, 0.4) is 0 Å². The molecule has 0 spiro atoms. The van der Waals surface area contributed by atoms with E-state index in [4.69, 9.17) is 17.3 Å². The molecule has 6 heteroatoms. The zero-order valence-electron chi connectivity index (χ0n) is 13.0. The van der Waals surface area contributed by atoms with E-state index in [0.717, 1.165) is 17.0 Å². The molecule has 23 heavy (non-hydrogen) atoms. The number of thiazole rings is 1. The van der Waals surface area contributed by atoms with Crippen molar-refractivity contribution in [1.29, 1.82) is 0 Å². The number of hydrogen-bond acceptors (Lipinski definition) is 4. The summed E-state index contributed by atoms with van der Waals surface area (Å²) in [5.41, 5.74) is 7.10. The number of nitrogens with zero attached hydrogens (tertiary/aromatic N) is 1. The maximum atomic E-state index is 12.5. The van der Waals surface area contributed by atoms with E-state index in [1.54, 1.807) is 5.38 Å². The molecule has 1 aromatic heterocycles. The second kappa shape index (κ2) is 6.99. The SMILES string of the molecule is CC1CC1C(NC(=O)c1csc(CCN)n1)c1ccc(Cl)cc1. The van der Waals surface area contributed by atoms with Gasteiger partial charge in [0.25, 0.3) is 5.91 Å². The Hall–Kier alpha value is -1.43. The summed E-state index contributed by atoms with van der Waals surface area (Å²) >= 11 is 7.45. The number of nitrogens with one attached hydrogen (secondary N) is 1. The lowest BCUT2D eigenvalue weighted by Gasteiger charge is -2.19. The number of nitrogens with two attached hydrogens (primary N) is 1. The molecule has 3 unspecified atom stereocenters. The molecule has 1 aliphatic carbocycles. The third-order valence-corrected chi connectivity index (χ3v) is 5.42. The molecule has 2 aromatic rings. The normalized spacial score (nSPS) is 21.0. The number of hydrogen-bond donors (Lipinski definition) is 2. The molecule has 0 radical (unpaired) electrons. The molecule has 1 saturated carbocycles. The van der Waals surface area contributed by atoms with E-state index in [-0.39, 0.29) is 11.9 Å². The highest BCUT2D eigenvalue weighted by Gasteiger charge is 2.41. The lowest BCUT2D eigenvalue weighted by molar-refractivity contribution is 0.0926. The molecule has 1 amide bonds. The van der Waals surface area contributed by atoms with Gasteiger partial charge in [0.1, 0.15) is 5.69 Å². The Labute approximate surface area is 145 Å². The molecular weight excluding hydrogens is 330 g/mol. The predicted octanol–water partition coefficient (Wildman–Crippen LogP) is 3.42. The minimum absolute atomic E-state index is 0.00873. The Balaban J connectivity index is 1.75. The van der Waals surface area contributed by atoms with E-state index in [1.807, 2.05) is 24.3 Å². The van der Waals surface area contributed by atoms with Gasteiger partial charge < -0.3 is 11.1 Å². The molecule has 0 bridgehead atoms. The fourth-order valence-corrected chi connectivity index (χ4v) is 3.71. The highest BCUT2D eigenvalue weighted by atomic mass is 35.5.